The summed E-state index contributed by atoms with van der Waals surface area (Å²) in [6, 6.07) is 4.84. The summed E-state index contributed by atoms with van der Waals surface area (Å²) in [6.07, 6.45) is 20.6. The van der Waals surface area contributed by atoms with Gasteiger partial charge in [0, 0.05) is 24.5 Å². The zero-order valence-corrected chi connectivity index (χ0v) is 15.2. The summed E-state index contributed by atoms with van der Waals surface area (Å²) in [5, 5.41) is 2.88. The number of nitrogens with zero attached hydrogens (tertiary/aromatic N) is 2. The van der Waals surface area contributed by atoms with E-state index in [0.717, 1.165) is 5.56 Å². The Morgan fingerprint density at radius 1 is 1.00 bits per heavy atom. The lowest BCUT2D eigenvalue weighted by Gasteiger charge is -2.16. The van der Waals surface area contributed by atoms with E-state index in [4.69, 9.17) is 4.74 Å². The molecule has 0 bridgehead atoms. The lowest BCUT2D eigenvalue weighted by atomic mass is 10.1. The molecule has 142 valence electrons. The van der Waals surface area contributed by atoms with Gasteiger partial charge in [0.1, 0.15) is 5.82 Å². The number of hydrogen-bond acceptors (Lipinski definition) is 4. The molecule has 0 radical (unpaired) electrons. The fourth-order valence-electron chi connectivity index (χ4n) is 2.61. The van der Waals surface area contributed by atoms with E-state index in [9.17, 15) is 9.18 Å². The summed E-state index contributed by atoms with van der Waals surface area (Å²) < 4.78 is 19.3. The molecule has 1 N–H and O–H groups in total. The van der Waals surface area contributed by atoms with Crippen molar-refractivity contribution in [3.8, 4) is 0 Å². The zero-order valence-electron chi connectivity index (χ0n) is 15.2. The van der Waals surface area contributed by atoms with Crippen molar-refractivity contribution in [2.24, 2.45) is 4.99 Å². The number of carbonyl (C=O) groups is 1. The number of ether oxygens (including phenoxy) is 1. The van der Waals surface area contributed by atoms with Crippen LogP contribution >= 0.6 is 0 Å². The van der Waals surface area contributed by atoms with Gasteiger partial charge in [-0.2, -0.15) is 0 Å². The number of allylic oxidation sites excluding steroid dienone is 9. The summed E-state index contributed by atoms with van der Waals surface area (Å²) in [5.41, 5.74) is 1.31. The lowest BCUT2D eigenvalue weighted by Crippen LogP contribution is -2.28. The minimum absolute atomic E-state index is 0.164. The minimum atomic E-state index is -0.576. The fourth-order valence-corrected chi connectivity index (χ4v) is 2.61. The van der Waals surface area contributed by atoms with Crippen LogP contribution in [0.25, 0.3) is 0 Å². The third-order valence-electron chi connectivity index (χ3n) is 3.96. The van der Waals surface area contributed by atoms with Crippen molar-refractivity contribution < 1.29 is 13.9 Å². The molecule has 0 aliphatic carbocycles. The van der Waals surface area contributed by atoms with Crippen LogP contribution in [0.3, 0.4) is 0 Å². The molecule has 2 heterocycles. The maximum Gasteiger partial charge on any atom is 0.417 e. The van der Waals surface area contributed by atoms with Gasteiger partial charge in [0.25, 0.3) is 0 Å². The van der Waals surface area contributed by atoms with Crippen LogP contribution in [-0.2, 0) is 17.8 Å². The van der Waals surface area contributed by atoms with Gasteiger partial charge in [-0.05, 0) is 23.8 Å². The van der Waals surface area contributed by atoms with Crippen LogP contribution in [0, 0.1) is 5.82 Å². The number of hydrogen-bond donors (Lipinski definition) is 1. The average molecular weight is 377 g/mol. The Kier molecular flexibility index (Phi) is 6.73. The van der Waals surface area contributed by atoms with Crippen molar-refractivity contribution in [1.82, 2.24) is 10.2 Å². The molecule has 0 atom stereocenters. The number of rotatable bonds is 1. The van der Waals surface area contributed by atoms with Crippen molar-refractivity contribution >= 4 is 12.3 Å². The monoisotopic (exact) mass is 377 g/mol. The molecule has 1 aromatic carbocycles. The summed E-state index contributed by atoms with van der Waals surface area (Å²) in [5.74, 6) is -0.148. The normalized spacial score (nSPS) is 16.2. The highest BCUT2D eigenvalue weighted by atomic mass is 19.1. The van der Waals surface area contributed by atoms with Gasteiger partial charge in [-0.15, -0.1) is 0 Å². The van der Waals surface area contributed by atoms with Crippen LogP contribution < -0.4 is 5.32 Å². The average Bonchev–Trinajstić information content (AvgIpc) is 3.12. The highest BCUT2D eigenvalue weighted by Gasteiger charge is 2.27. The molecule has 28 heavy (non-hydrogen) atoms. The van der Waals surface area contributed by atoms with Gasteiger partial charge in [-0.25, -0.2) is 9.18 Å². The Balaban J connectivity index is 1.69. The maximum absolute atomic E-state index is 13.9. The molecule has 0 aromatic heterocycles. The first kappa shape index (κ1) is 19.1. The van der Waals surface area contributed by atoms with Crippen LogP contribution in [0.2, 0.25) is 0 Å². The van der Waals surface area contributed by atoms with Gasteiger partial charge in [-0.3, -0.25) is 9.89 Å². The third-order valence-corrected chi connectivity index (χ3v) is 3.96. The highest BCUT2D eigenvalue weighted by Crippen LogP contribution is 2.25. The molecular formula is C22H20FN3O2. The molecule has 0 spiro atoms. The van der Waals surface area contributed by atoms with Crippen molar-refractivity contribution in [1.29, 1.82) is 0 Å². The van der Waals surface area contributed by atoms with Gasteiger partial charge in [0.2, 0.25) is 5.88 Å². The van der Waals surface area contributed by atoms with Gasteiger partial charge < -0.3 is 10.1 Å². The van der Waals surface area contributed by atoms with E-state index in [2.05, 4.69) is 10.3 Å². The van der Waals surface area contributed by atoms with Crippen LogP contribution in [0.1, 0.15) is 11.1 Å². The second-order valence-corrected chi connectivity index (χ2v) is 5.94. The number of nitrogens with one attached hydrogen (secondary N) is 1. The molecule has 0 fully saturated rings. The second-order valence-electron chi connectivity index (χ2n) is 5.94. The molecule has 3 rings (SSSR count). The van der Waals surface area contributed by atoms with Crippen LogP contribution in [0.15, 0.2) is 96.2 Å². The molecule has 2 aliphatic rings. The maximum atomic E-state index is 13.9. The van der Waals surface area contributed by atoms with Crippen molar-refractivity contribution in [2.75, 3.05) is 0 Å². The lowest BCUT2D eigenvalue weighted by molar-refractivity contribution is 0.123. The van der Waals surface area contributed by atoms with Gasteiger partial charge in [-0.1, -0.05) is 54.7 Å². The summed E-state index contributed by atoms with van der Waals surface area (Å²) in [4.78, 5) is 18.0. The molecule has 0 saturated carbocycles. The molecule has 0 unspecified atom stereocenters. The Hall–Kier alpha value is -3.67. The van der Waals surface area contributed by atoms with E-state index in [1.807, 2.05) is 48.6 Å². The molecule has 1 aromatic rings. The number of halogens is 1. The topological polar surface area (TPSA) is 53.9 Å². The van der Waals surface area contributed by atoms with Crippen LogP contribution in [0.4, 0.5) is 9.18 Å². The largest absolute Gasteiger partial charge is 0.417 e. The first-order valence-corrected chi connectivity index (χ1v) is 8.79. The van der Waals surface area contributed by atoms with Gasteiger partial charge in [0.05, 0.1) is 12.7 Å². The summed E-state index contributed by atoms with van der Waals surface area (Å²) >= 11 is 0. The van der Waals surface area contributed by atoms with E-state index in [-0.39, 0.29) is 18.2 Å². The highest BCUT2D eigenvalue weighted by molar-refractivity contribution is 5.72. The van der Waals surface area contributed by atoms with E-state index in [1.165, 1.54) is 17.2 Å². The van der Waals surface area contributed by atoms with Crippen LogP contribution in [0.5, 0.6) is 0 Å². The SMILES string of the molecule is O=C(OC1=CN=CC=CC=CC=CC=CC=CN1)N1Cc2cccc(F)c2C1. The first-order valence-electron chi connectivity index (χ1n) is 8.79. The summed E-state index contributed by atoms with van der Waals surface area (Å²) in [6.45, 7) is 0.486. The molecular weight excluding hydrogens is 357 g/mol. The van der Waals surface area contributed by atoms with E-state index < -0.39 is 6.09 Å². The number of aliphatic imine (C=N–C) groups is 1. The third kappa shape index (κ3) is 5.41. The Labute approximate surface area is 163 Å². The number of benzene rings is 1. The second kappa shape index (κ2) is 9.87. The van der Waals surface area contributed by atoms with Crippen molar-refractivity contribution in [2.45, 2.75) is 13.1 Å². The molecule has 5 nitrogen and oxygen atoms in total. The Morgan fingerprint density at radius 2 is 1.71 bits per heavy atom. The van der Waals surface area contributed by atoms with E-state index in [1.54, 1.807) is 30.6 Å². The van der Waals surface area contributed by atoms with Gasteiger partial charge >= 0.3 is 6.09 Å². The molecule has 0 saturated heterocycles. The molecule has 2 aliphatic heterocycles. The molecule has 1 amide bonds. The van der Waals surface area contributed by atoms with Gasteiger partial charge in [0.15, 0.2) is 0 Å². The van der Waals surface area contributed by atoms with Crippen molar-refractivity contribution in [3.05, 3.63) is 108 Å². The van der Waals surface area contributed by atoms with E-state index >= 15 is 0 Å². The van der Waals surface area contributed by atoms with Crippen molar-refractivity contribution in [3.63, 3.8) is 0 Å². The number of amides is 1. The summed E-state index contributed by atoms with van der Waals surface area (Å²) in [7, 11) is 0. The predicted octanol–water partition coefficient (Wildman–Crippen LogP) is 4.49. The Morgan fingerprint density at radius 3 is 2.46 bits per heavy atom. The molecule has 6 heteroatoms. The standard InChI is InChI=1S/C22H20FN3O2/c23-20-12-10-11-18-16-26(17-19(18)20)22(27)28-21-15-24-13-8-6-4-2-1-3-5-7-9-14-25-21/h1-15,25H,16-17H2. The predicted molar refractivity (Wildman–Crippen MR) is 108 cm³/mol. The number of fused-ring (bicyclic) bond motifs is 1. The quantitative estimate of drug-likeness (QED) is 0.785. The minimum Gasteiger partial charge on any atom is -0.391 e. The number of carbonyl (C=O) groups excluding carboxylic acids is 1. The smallest absolute Gasteiger partial charge is 0.391 e. The zero-order chi connectivity index (χ0) is 19.6. The van der Waals surface area contributed by atoms with E-state index in [0.29, 0.717) is 12.1 Å². The fraction of sp³-hybridized carbons (Fsp3) is 0.0909. The first-order chi connectivity index (χ1) is 13.7. The Bertz CT molecular complexity index is 924. The van der Waals surface area contributed by atoms with Crippen LogP contribution in [-0.4, -0.2) is 17.2 Å².